The fourth-order valence-electron chi connectivity index (χ4n) is 6.13. The maximum absolute atomic E-state index is 12.6. The van der Waals surface area contributed by atoms with Crippen LogP contribution in [0.3, 0.4) is 0 Å². The van der Waals surface area contributed by atoms with E-state index in [2.05, 4.69) is 26.0 Å². The molecule has 3 nitrogen and oxygen atoms in total. The summed E-state index contributed by atoms with van der Waals surface area (Å²) in [5.41, 5.74) is -0.576. The molecule has 3 aliphatic heterocycles. The number of carbonyl (C=O) groups excluding carboxylic acids is 1. The summed E-state index contributed by atoms with van der Waals surface area (Å²) >= 11 is 0. The Balaban J connectivity index is 1.87. The highest BCUT2D eigenvalue weighted by Gasteiger charge is 2.82. The molecule has 2 spiro atoms. The fraction of sp³-hybridized carbons (Fsp3) is 0.800. The lowest BCUT2D eigenvalue weighted by atomic mass is 9.46. The van der Waals surface area contributed by atoms with E-state index in [0.29, 0.717) is 11.8 Å². The Hall–Kier alpha value is -0.830. The topological polar surface area (TPSA) is 35.5 Å². The summed E-state index contributed by atoms with van der Waals surface area (Å²) in [4.78, 5) is 12.6. The van der Waals surface area contributed by atoms with E-state index >= 15 is 0 Å². The first kappa shape index (κ1) is 10.0. The van der Waals surface area contributed by atoms with Crippen molar-refractivity contribution in [1.29, 1.82) is 0 Å². The van der Waals surface area contributed by atoms with E-state index in [1.165, 1.54) is 0 Å². The summed E-state index contributed by atoms with van der Waals surface area (Å²) in [7, 11) is 0. The van der Waals surface area contributed by atoms with Crippen molar-refractivity contribution in [2.45, 2.75) is 50.9 Å². The number of carbonyl (C=O) groups is 1. The van der Waals surface area contributed by atoms with E-state index in [-0.39, 0.29) is 34.6 Å². The van der Waals surface area contributed by atoms with E-state index in [1.54, 1.807) is 0 Å². The first-order valence-corrected chi connectivity index (χ1v) is 7.11. The third-order valence-electron chi connectivity index (χ3n) is 6.63. The molecule has 18 heavy (non-hydrogen) atoms. The number of rotatable bonds is 0. The third kappa shape index (κ3) is 0.696. The van der Waals surface area contributed by atoms with Gasteiger partial charge in [-0.1, -0.05) is 19.1 Å². The second-order valence-electron chi connectivity index (χ2n) is 7.26. The van der Waals surface area contributed by atoms with Gasteiger partial charge in [0.15, 0.2) is 0 Å². The first-order valence-electron chi connectivity index (χ1n) is 7.11. The summed E-state index contributed by atoms with van der Waals surface area (Å²) in [5, 5.41) is 0. The molecule has 7 atom stereocenters. The van der Waals surface area contributed by atoms with Crippen LogP contribution in [-0.4, -0.2) is 23.8 Å². The normalized spacial score (nSPS) is 66.4. The summed E-state index contributed by atoms with van der Waals surface area (Å²) in [6.45, 7) is 4.40. The molecule has 2 saturated carbocycles. The minimum atomic E-state index is -0.262. The quantitative estimate of drug-likeness (QED) is 0.485. The van der Waals surface area contributed by atoms with Gasteiger partial charge >= 0.3 is 5.97 Å². The van der Waals surface area contributed by atoms with Gasteiger partial charge in [0.2, 0.25) is 0 Å². The fourth-order valence-corrected chi connectivity index (χ4v) is 6.13. The lowest BCUT2D eigenvalue weighted by molar-refractivity contribution is -0.211. The van der Waals surface area contributed by atoms with E-state index < -0.39 is 0 Å². The first-order chi connectivity index (χ1) is 8.52. The zero-order chi connectivity index (χ0) is 12.3. The van der Waals surface area contributed by atoms with Gasteiger partial charge in [0, 0.05) is 11.3 Å². The molecule has 6 rings (SSSR count). The number of hydrogen-bond acceptors (Lipinski definition) is 3. The smallest absolute Gasteiger partial charge is 0.313 e. The molecule has 2 saturated heterocycles. The van der Waals surface area contributed by atoms with Crippen LogP contribution >= 0.6 is 0 Å². The molecule has 3 aliphatic carbocycles. The molecule has 96 valence electrons. The van der Waals surface area contributed by atoms with Gasteiger partial charge in [0.05, 0.1) is 17.1 Å². The molecular formula is C15H18O3. The SMILES string of the molecule is CC1CC2OC(=O)[C@@]34C[C@@]5(C)C=CC13[C@@H](C[C@H]24)O5. The van der Waals surface area contributed by atoms with Crippen LogP contribution in [0.15, 0.2) is 12.2 Å². The van der Waals surface area contributed by atoms with Crippen molar-refractivity contribution < 1.29 is 14.3 Å². The molecule has 0 aromatic heterocycles. The standard InChI is InChI=1S/C15H18O3/c1-8-5-10-9-6-11-14(8)4-3-13(2,18-11)7-15(9,14)12(16)17-10/h3-4,8-11H,5-7H2,1-2H3/t8?,9-,10?,11-,13-,14?,15+/m1/s1. The Labute approximate surface area is 107 Å². The molecule has 0 N–H and O–H groups in total. The molecule has 0 aromatic carbocycles. The molecule has 0 amide bonds. The Morgan fingerprint density at radius 2 is 2.17 bits per heavy atom. The van der Waals surface area contributed by atoms with E-state index in [9.17, 15) is 4.79 Å². The summed E-state index contributed by atoms with van der Waals surface area (Å²) in [5.74, 6) is 0.958. The van der Waals surface area contributed by atoms with Gasteiger partial charge in [0.25, 0.3) is 0 Å². The van der Waals surface area contributed by atoms with Crippen LogP contribution in [0.2, 0.25) is 0 Å². The monoisotopic (exact) mass is 246 g/mol. The van der Waals surface area contributed by atoms with Gasteiger partial charge in [-0.15, -0.1) is 0 Å². The largest absolute Gasteiger partial charge is 0.462 e. The van der Waals surface area contributed by atoms with Crippen LogP contribution in [0, 0.1) is 22.7 Å². The van der Waals surface area contributed by atoms with Crippen molar-refractivity contribution in [3.8, 4) is 0 Å². The Kier molecular flexibility index (Phi) is 1.35. The molecule has 3 unspecified atom stereocenters. The third-order valence-corrected chi connectivity index (χ3v) is 6.63. The Morgan fingerprint density at radius 1 is 1.33 bits per heavy atom. The average molecular weight is 246 g/mol. The van der Waals surface area contributed by atoms with E-state index in [0.717, 1.165) is 19.3 Å². The molecule has 6 bridgehead atoms. The van der Waals surface area contributed by atoms with Gasteiger partial charge in [-0.25, -0.2) is 0 Å². The van der Waals surface area contributed by atoms with E-state index in [4.69, 9.17) is 9.47 Å². The zero-order valence-corrected chi connectivity index (χ0v) is 10.8. The number of hydrogen-bond donors (Lipinski definition) is 0. The van der Waals surface area contributed by atoms with Crippen molar-refractivity contribution in [2.75, 3.05) is 0 Å². The van der Waals surface area contributed by atoms with Gasteiger partial charge < -0.3 is 9.47 Å². The van der Waals surface area contributed by atoms with E-state index in [1.807, 2.05) is 0 Å². The second-order valence-corrected chi connectivity index (χ2v) is 7.26. The molecule has 3 heteroatoms. The van der Waals surface area contributed by atoms with Crippen LogP contribution in [0.4, 0.5) is 0 Å². The molecule has 4 fully saturated rings. The van der Waals surface area contributed by atoms with Crippen molar-refractivity contribution in [1.82, 2.24) is 0 Å². The summed E-state index contributed by atoms with van der Waals surface area (Å²) < 4.78 is 12.1. The van der Waals surface area contributed by atoms with Gasteiger partial charge in [-0.05, 0) is 32.1 Å². The molecular weight excluding hydrogens is 228 g/mol. The highest BCUT2D eigenvalue weighted by molar-refractivity contribution is 5.84. The Bertz CT molecular complexity index is 512. The molecule has 0 aromatic rings. The molecule has 0 radical (unpaired) electrons. The summed E-state index contributed by atoms with van der Waals surface area (Å²) in [6, 6.07) is 0. The highest BCUT2D eigenvalue weighted by Crippen LogP contribution is 2.77. The lowest BCUT2D eigenvalue weighted by Gasteiger charge is -2.60. The van der Waals surface area contributed by atoms with Crippen molar-refractivity contribution >= 4 is 5.97 Å². The van der Waals surface area contributed by atoms with Crippen LogP contribution in [0.1, 0.15) is 33.1 Å². The summed E-state index contributed by atoms with van der Waals surface area (Å²) in [6.07, 6.45) is 7.79. The maximum Gasteiger partial charge on any atom is 0.313 e. The minimum Gasteiger partial charge on any atom is -0.462 e. The average Bonchev–Trinajstić information content (AvgIpc) is 2.56. The minimum absolute atomic E-state index is 0.0699. The maximum atomic E-state index is 12.6. The molecule has 6 aliphatic rings. The number of ether oxygens (including phenoxy) is 2. The van der Waals surface area contributed by atoms with Crippen LogP contribution in [0.25, 0.3) is 0 Å². The van der Waals surface area contributed by atoms with Crippen LogP contribution < -0.4 is 0 Å². The molecule has 3 heterocycles. The highest BCUT2D eigenvalue weighted by atomic mass is 16.6. The zero-order valence-electron chi connectivity index (χ0n) is 10.8. The number of esters is 1. The second kappa shape index (κ2) is 2.43. The lowest BCUT2D eigenvalue weighted by Crippen LogP contribution is -2.64. The van der Waals surface area contributed by atoms with Gasteiger partial charge in [-0.2, -0.15) is 0 Å². The van der Waals surface area contributed by atoms with Gasteiger partial charge in [0.1, 0.15) is 6.10 Å². The van der Waals surface area contributed by atoms with Crippen molar-refractivity contribution in [3.63, 3.8) is 0 Å². The predicted octanol–water partition coefficient (Wildman–Crippen LogP) is 2.06. The van der Waals surface area contributed by atoms with Crippen molar-refractivity contribution in [2.24, 2.45) is 22.7 Å². The van der Waals surface area contributed by atoms with Crippen LogP contribution in [-0.2, 0) is 14.3 Å². The van der Waals surface area contributed by atoms with Crippen LogP contribution in [0.5, 0.6) is 0 Å². The Morgan fingerprint density at radius 3 is 3.00 bits per heavy atom. The van der Waals surface area contributed by atoms with Crippen molar-refractivity contribution in [3.05, 3.63) is 12.2 Å². The van der Waals surface area contributed by atoms with Gasteiger partial charge in [-0.3, -0.25) is 4.79 Å². The predicted molar refractivity (Wildman–Crippen MR) is 63.7 cm³/mol.